The summed E-state index contributed by atoms with van der Waals surface area (Å²) in [6.07, 6.45) is 6.87. The highest BCUT2D eigenvalue weighted by Gasteiger charge is 2.28. The quantitative estimate of drug-likeness (QED) is 0.606. The van der Waals surface area contributed by atoms with E-state index in [1.165, 1.54) is 18.4 Å². The maximum atomic E-state index is 13.0. The summed E-state index contributed by atoms with van der Waals surface area (Å²) in [4.78, 5) is 17.0. The number of β-amino-alcohol motifs (C(OH)–C–C–N with tert-alkyl or cyclic N) is 1. The van der Waals surface area contributed by atoms with Gasteiger partial charge in [-0.3, -0.25) is 14.4 Å². The molecule has 3 aliphatic rings. The van der Waals surface area contributed by atoms with Gasteiger partial charge in [0.15, 0.2) is 5.76 Å². The topological polar surface area (TPSA) is 70.8 Å². The Bertz CT molecular complexity index is 1210. The highest BCUT2D eigenvalue weighted by atomic mass is 16.5. The first-order valence-electron chi connectivity index (χ1n) is 11.8. The third kappa shape index (κ3) is 4.14. The molecule has 1 saturated heterocycles. The number of hydrogen-bond acceptors (Lipinski definition) is 5. The normalized spacial score (nSPS) is 21.2. The first kappa shape index (κ1) is 20.4. The minimum Gasteiger partial charge on any atom is -0.452 e. The van der Waals surface area contributed by atoms with Crippen molar-refractivity contribution in [1.82, 2.24) is 14.7 Å². The summed E-state index contributed by atoms with van der Waals surface area (Å²) < 4.78 is 7.90. The number of rotatable bonds is 7. The van der Waals surface area contributed by atoms with Crippen LogP contribution in [0.15, 0.2) is 60.5 Å². The second-order valence-corrected chi connectivity index (χ2v) is 9.28. The summed E-state index contributed by atoms with van der Waals surface area (Å²) in [5.74, 6) is 1.65. The minimum atomic E-state index is -0.204. The Balaban J connectivity index is 1.11. The predicted octanol–water partition coefficient (Wildman–Crippen LogP) is 3.29. The molecule has 0 radical (unpaired) electrons. The molecule has 0 spiro atoms. The lowest BCUT2D eigenvalue weighted by Crippen LogP contribution is -2.27. The monoisotopic (exact) mass is 444 g/mol. The third-order valence-electron chi connectivity index (χ3n) is 6.88. The van der Waals surface area contributed by atoms with Crippen LogP contribution in [0.1, 0.15) is 30.7 Å². The molecule has 1 atom stereocenters. The zero-order chi connectivity index (χ0) is 22.4. The largest absolute Gasteiger partial charge is 0.452 e. The lowest BCUT2D eigenvalue weighted by Gasteiger charge is -2.17. The van der Waals surface area contributed by atoms with Gasteiger partial charge in [0.1, 0.15) is 5.75 Å². The number of hydrogen-bond donors (Lipinski definition) is 1. The number of fused-ring (bicyclic) bond motifs is 1. The van der Waals surface area contributed by atoms with Gasteiger partial charge in [-0.1, -0.05) is 12.1 Å². The Morgan fingerprint density at radius 3 is 2.67 bits per heavy atom. The number of ether oxygens (including phenoxy) is 1. The van der Waals surface area contributed by atoms with Gasteiger partial charge in [0, 0.05) is 37.3 Å². The van der Waals surface area contributed by atoms with Crippen LogP contribution in [0.25, 0.3) is 10.9 Å². The molecule has 6 rings (SSSR count). The van der Waals surface area contributed by atoms with E-state index in [0.29, 0.717) is 24.0 Å². The number of likely N-dealkylation sites (tertiary alicyclic amines) is 1. The second-order valence-electron chi connectivity index (χ2n) is 9.28. The molecule has 1 saturated carbocycles. The molecule has 170 valence electrons. The number of carbonyl (C=O) groups is 1. The van der Waals surface area contributed by atoms with Crippen molar-refractivity contribution in [2.24, 2.45) is 0 Å². The zero-order valence-electron chi connectivity index (χ0n) is 18.6. The first-order valence-corrected chi connectivity index (χ1v) is 11.8. The maximum absolute atomic E-state index is 13.0. The molecule has 7 heteroatoms. The summed E-state index contributed by atoms with van der Waals surface area (Å²) >= 11 is 0. The zero-order valence-corrected chi connectivity index (χ0v) is 18.6. The van der Waals surface area contributed by atoms with Crippen LogP contribution in [0.2, 0.25) is 0 Å². The summed E-state index contributed by atoms with van der Waals surface area (Å²) in [6, 6.07) is 14.1. The van der Waals surface area contributed by atoms with E-state index < -0.39 is 0 Å². The Morgan fingerprint density at radius 2 is 1.91 bits per heavy atom. The van der Waals surface area contributed by atoms with Crippen molar-refractivity contribution in [1.29, 1.82) is 0 Å². The van der Waals surface area contributed by atoms with Crippen molar-refractivity contribution in [2.75, 3.05) is 31.1 Å². The average Bonchev–Trinajstić information content (AvgIpc) is 3.33. The molecular weight excluding hydrogens is 416 g/mol. The van der Waals surface area contributed by atoms with E-state index in [1.54, 1.807) is 4.90 Å². The number of benzene rings is 2. The van der Waals surface area contributed by atoms with E-state index in [4.69, 9.17) is 4.74 Å². The van der Waals surface area contributed by atoms with Gasteiger partial charge in [0.2, 0.25) is 0 Å². The van der Waals surface area contributed by atoms with Crippen molar-refractivity contribution in [3.63, 3.8) is 0 Å². The highest BCUT2D eigenvalue weighted by Crippen LogP contribution is 2.40. The van der Waals surface area contributed by atoms with Crippen LogP contribution in [0, 0.1) is 0 Å². The van der Waals surface area contributed by atoms with Crippen LogP contribution in [0.3, 0.4) is 0 Å². The van der Waals surface area contributed by atoms with Gasteiger partial charge < -0.3 is 14.7 Å². The van der Waals surface area contributed by atoms with Gasteiger partial charge in [-0.15, -0.1) is 0 Å². The number of nitrogens with zero attached hydrogens (tertiary/aromatic N) is 4. The van der Waals surface area contributed by atoms with Crippen molar-refractivity contribution in [3.8, 4) is 5.75 Å². The molecule has 2 aliphatic heterocycles. The van der Waals surface area contributed by atoms with E-state index >= 15 is 0 Å². The van der Waals surface area contributed by atoms with Crippen LogP contribution >= 0.6 is 0 Å². The second kappa shape index (κ2) is 8.32. The fourth-order valence-electron chi connectivity index (χ4n) is 4.81. The third-order valence-corrected chi connectivity index (χ3v) is 6.88. The van der Waals surface area contributed by atoms with Crippen LogP contribution < -0.4 is 9.64 Å². The molecule has 2 fully saturated rings. The van der Waals surface area contributed by atoms with E-state index in [1.807, 2.05) is 47.3 Å². The number of amides is 1. The Morgan fingerprint density at radius 1 is 1.06 bits per heavy atom. The Hall–Kier alpha value is -3.16. The molecule has 7 nitrogen and oxygen atoms in total. The predicted molar refractivity (Wildman–Crippen MR) is 126 cm³/mol. The van der Waals surface area contributed by atoms with Crippen LogP contribution in [0.5, 0.6) is 5.75 Å². The van der Waals surface area contributed by atoms with Crippen molar-refractivity contribution in [2.45, 2.75) is 37.8 Å². The van der Waals surface area contributed by atoms with Gasteiger partial charge in [-0.2, -0.15) is 5.10 Å². The standard InChI is InChI=1S/C26H28N4O3/c31-22-9-11-28(17-22)13-14-30-24-8-5-21(15-20(24)16-27-30)29-12-10-25(26(29)32)33-23-6-3-19(4-7-23)18-1-2-18/h3-8,10,15-16,18,22,31H,1-2,9,11-14,17H2/t22-/m0/s1. The number of aliphatic hydroxyl groups excluding tert-OH is 1. The molecule has 2 aromatic carbocycles. The van der Waals surface area contributed by atoms with Gasteiger partial charge in [0.25, 0.3) is 5.91 Å². The summed E-state index contributed by atoms with van der Waals surface area (Å²) in [5, 5.41) is 15.3. The van der Waals surface area contributed by atoms with Gasteiger partial charge in [-0.05, 0) is 67.2 Å². The number of aromatic nitrogens is 2. The fourth-order valence-corrected chi connectivity index (χ4v) is 4.81. The summed E-state index contributed by atoms with van der Waals surface area (Å²) in [7, 11) is 0. The first-order chi connectivity index (χ1) is 16.1. The lowest BCUT2D eigenvalue weighted by atomic mass is 10.1. The van der Waals surface area contributed by atoms with Crippen molar-refractivity contribution >= 4 is 22.5 Å². The molecule has 1 amide bonds. The molecule has 1 N–H and O–H groups in total. The Kier molecular flexibility index (Phi) is 5.15. The number of anilines is 1. The SMILES string of the molecule is O=C1C(Oc2ccc(C3CC3)cc2)=CCN1c1ccc2c(cnn2CCN2CC[C@H](O)C2)c1. The number of aliphatic hydroxyl groups is 1. The maximum Gasteiger partial charge on any atom is 0.294 e. The van der Waals surface area contributed by atoms with Gasteiger partial charge in [0.05, 0.1) is 24.4 Å². The minimum absolute atomic E-state index is 0.124. The fraction of sp³-hybridized carbons (Fsp3) is 0.385. The molecule has 0 unspecified atom stereocenters. The molecular formula is C26H28N4O3. The van der Waals surface area contributed by atoms with Gasteiger partial charge >= 0.3 is 0 Å². The van der Waals surface area contributed by atoms with E-state index in [9.17, 15) is 9.90 Å². The molecule has 1 aromatic heterocycles. The van der Waals surface area contributed by atoms with Crippen molar-refractivity contribution in [3.05, 3.63) is 66.1 Å². The molecule has 33 heavy (non-hydrogen) atoms. The van der Waals surface area contributed by atoms with Crippen LogP contribution in [0.4, 0.5) is 5.69 Å². The van der Waals surface area contributed by atoms with Crippen LogP contribution in [-0.2, 0) is 11.3 Å². The molecule has 3 heterocycles. The number of carbonyl (C=O) groups excluding carboxylic acids is 1. The summed E-state index contributed by atoms with van der Waals surface area (Å²) in [6.45, 7) is 3.81. The van der Waals surface area contributed by atoms with Gasteiger partial charge in [-0.25, -0.2) is 0 Å². The van der Waals surface area contributed by atoms with Crippen LogP contribution in [-0.4, -0.2) is 58.0 Å². The van der Waals surface area contributed by atoms with E-state index in [0.717, 1.165) is 49.2 Å². The van der Waals surface area contributed by atoms with E-state index in [2.05, 4.69) is 22.1 Å². The summed E-state index contributed by atoms with van der Waals surface area (Å²) in [5.41, 5.74) is 3.24. The Labute approximate surface area is 192 Å². The highest BCUT2D eigenvalue weighted by molar-refractivity contribution is 6.08. The average molecular weight is 445 g/mol. The molecule has 0 bridgehead atoms. The smallest absolute Gasteiger partial charge is 0.294 e. The lowest BCUT2D eigenvalue weighted by molar-refractivity contribution is -0.116. The van der Waals surface area contributed by atoms with Crippen molar-refractivity contribution < 1.29 is 14.6 Å². The molecule has 1 aliphatic carbocycles. The molecule has 3 aromatic rings. The van der Waals surface area contributed by atoms with E-state index in [-0.39, 0.29) is 12.0 Å².